The number of hydrogen-bond donors (Lipinski definition) is 1. The molecule has 0 saturated heterocycles. The summed E-state index contributed by atoms with van der Waals surface area (Å²) in [4.78, 5) is 32.4. The molecule has 0 atom stereocenters. The van der Waals surface area contributed by atoms with E-state index in [0.29, 0.717) is 27.8 Å². The van der Waals surface area contributed by atoms with Gasteiger partial charge in [-0.2, -0.15) is 0 Å². The van der Waals surface area contributed by atoms with Gasteiger partial charge in [0.25, 0.3) is 5.91 Å². The molecule has 1 amide bonds. The highest BCUT2D eigenvalue weighted by Crippen LogP contribution is 2.29. The van der Waals surface area contributed by atoms with Crippen LogP contribution in [-0.4, -0.2) is 41.5 Å². The minimum Gasteiger partial charge on any atom is -0.452 e. The molecule has 0 saturated carbocycles. The van der Waals surface area contributed by atoms with Gasteiger partial charge in [0, 0.05) is 41.2 Å². The van der Waals surface area contributed by atoms with Crippen molar-refractivity contribution >= 4 is 51.7 Å². The first kappa shape index (κ1) is 21.6. The molecule has 0 radical (unpaired) electrons. The molecule has 0 spiro atoms. The van der Waals surface area contributed by atoms with E-state index in [4.69, 9.17) is 32.9 Å². The number of pyridine rings is 1. The lowest BCUT2D eigenvalue weighted by Crippen LogP contribution is -2.32. The Balaban J connectivity index is 1.56. The molecule has 2 heterocycles. The fourth-order valence-electron chi connectivity index (χ4n) is 3.73. The van der Waals surface area contributed by atoms with Gasteiger partial charge >= 0.3 is 5.97 Å². The lowest BCUT2D eigenvalue weighted by molar-refractivity contribution is -0.119. The molecule has 31 heavy (non-hydrogen) atoms. The normalized spacial score (nSPS) is 13.6. The summed E-state index contributed by atoms with van der Waals surface area (Å²) in [6.07, 6.45) is 0.768. The Labute approximate surface area is 190 Å². The fraction of sp³-hybridized carbons (Fsp3) is 0.261. The van der Waals surface area contributed by atoms with Gasteiger partial charge in [-0.1, -0.05) is 48.3 Å². The maximum Gasteiger partial charge on any atom is 0.339 e. The standard InChI is InChI=1S/C23H21Cl2N3O3/c1-2-28-10-9-19-16(12-28)22(15-5-3-4-6-18(15)26-19)23(30)31-13-21(29)27-20-8-7-14(24)11-17(20)25/h3-8,11H,2,9-10,12-13H2,1H3,(H,27,29). The first-order valence-corrected chi connectivity index (χ1v) is 10.8. The van der Waals surface area contributed by atoms with E-state index in [-0.39, 0.29) is 0 Å². The average molecular weight is 458 g/mol. The summed E-state index contributed by atoms with van der Waals surface area (Å²) in [5, 5.41) is 4.13. The molecule has 1 N–H and O–H groups in total. The van der Waals surface area contributed by atoms with E-state index in [1.54, 1.807) is 12.1 Å². The molecule has 1 aliphatic heterocycles. The van der Waals surface area contributed by atoms with Crippen molar-refractivity contribution in [3.8, 4) is 0 Å². The van der Waals surface area contributed by atoms with Crippen molar-refractivity contribution in [2.45, 2.75) is 19.9 Å². The quantitative estimate of drug-likeness (QED) is 0.561. The van der Waals surface area contributed by atoms with E-state index in [9.17, 15) is 9.59 Å². The van der Waals surface area contributed by atoms with Gasteiger partial charge in [-0.05, 0) is 30.8 Å². The Bertz CT molecular complexity index is 1170. The summed E-state index contributed by atoms with van der Waals surface area (Å²) in [6.45, 7) is 4.06. The van der Waals surface area contributed by atoms with E-state index in [2.05, 4.69) is 17.1 Å². The van der Waals surface area contributed by atoms with Gasteiger partial charge in [0.1, 0.15) is 0 Å². The number of anilines is 1. The maximum absolute atomic E-state index is 13.1. The van der Waals surface area contributed by atoms with Crippen molar-refractivity contribution in [2.75, 3.05) is 25.0 Å². The molecule has 2 aromatic carbocycles. The van der Waals surface area contributed by atoms with Gasteiger partial charge < -0.3 is 10.1 Å². The molecule has 3 aromatic rings. The first-order chi connectivity index (χ1) is 15.0. The summed E-state index contributed by atoms with van der Waals surface area (Å²) in [6, 6.07) is 12.2. The molecule has 0 fully saturated rings. The SMILES string of the molecule is CCN1CCc2nc3ccccc3c(C(=O)OCC(=O)Nc3ccc(Cl)cc3Cl)c2C1. The van der Waals surface area contributed by atoms with Gasteiger partial charge in [-0.15, -0.1) is 0 Å². The van der Waals surface area contributed by atoms with Crippen LogP contribution in [0.4, 0.5) is 5.69 Å². The third-order valence-corrected chi connectivity index (χ3v) is 5.86. The monoisotopic (exact) mass is 457 g/mol. The highest BCUT2D eigenvalue weighted by atomic mass is 35.5. The molecule has 0 unspecified atom stereocenters. The number of amides is 1. The maximum atomic E-state index is 13.1. The van der Waals surface area contributed by atoms with E-state index in [1.807, 2.05) is 24.3 Å². The number of hydrogen-bond acceptors (Lipinski definition) is 5. The Morgan fingerprint density at radius 2 is 2.00 bits per heavy atom. The second kappa shape index (κ2) is 9.22. The van der Waals surface area contributed by atoms with Crippen LogP contribution in [0.1, 0.15) is 28.5 Å². The van der Waals surface area contributed by atoms with Crippen LogP contribution in [0.5, 0.6) is 0 Å². The number of para-hydroxylation sites is 1. The van der Waals surface area contributed by atoms with Crippen molar-refractivity contribution in [2.24, 2.45) is 0 Å². The van der Waals surface area contributed by atoms with Gasteiger partial charge in [-0.3, -0.25) is 14.7 Å². The van der Waals surface area contributed by atoms with Crippen LogP contribution in [-0.2, 0) is 22.5 Å². The number of ether oxygens (including phenoxy) is 1. The number of aromatic nitrogens is 1. The number of esters is 1. The summed E-state index contributed by atoms with van der Waals surface area (Å²) < 4.78 is 5.40. The molecular formula is C23H21Cl2N3O3. The summed E-state index contributed by atoms with van der Waals surface area (Å²) in [5.41, 5.74) is 3.41. The molecule has 160 valence electrons. The van der Waals surface area contributed by atoms with Crippen LogP contribution < -0.4 is 5.32 Å². The van der Waals surface area contributed by atoms with Gasteiger partial charge in [0.15, 0.2) is 6.61 Å². The lowest BCUT2D eigenvalue weighted by Gasteiger charge is -2.28. The molecule has 6 nitrogen and oxygen atoms in total. The zero-order chi connectivity index (χ0) is 22.0. The Hall–Kier alpha value is -2.67. The van der Waals surface area contributed by atoms with E-state index < -0.39 is 18.5 Å². The summed E-state index contributed by atoms with van der Waals surface area (Å²) >= 11 is 12.0. The topological polar surface area (TPSA) is 71.5 Å². The number of likely N-dealkylation sites (N-methyl/N-ethyl adjacent to an activating group) is 1. The Morgan fingerprint density at radius 3 is 2.77 bits per heavy atom. The van der Waals surface area contributed by atoms with Crippen LogP contribution in [0.3, 0.4) is 0 Å². The molecule has 0 bridgehead atoms. The highest BCUT2D eigenvalue weighted by Gasteiger charge is 2.26. The lowest BCUT2D eigenvalue weighted by atomic mass is 9.96. The Morgan fingerprint density at radius 1 is 1.19 bits per heavy atom. The largest absolute Gasteiger partial charge is 0.452 e. The number of nitrogens with one attached hydrogen (secondary N) is 1. The highest BCUT2D eigenvalue weighted by molar-refractivity contribution is 6.36. The summed E-state index contributed by atoms with van der Waals surface area (Å²) in [5.74, 6) is -1.02. The summed E-state index contributed by atoms with van der Waals surface area (Å²) in [7, 11) is 0. The van der Waals surface area contributed by atoms with Crippen molar-refractivity contribution in [3.05, 3.63) is 69.3 Å². The molecule has 0 aliphatic carbocycles. The second-order valence-electron chi connectivity index (χ2n) is 7.30. The number of fused-ring (bicyclic) bond motifs is 2. The zero-order valence-electron chi connectivity index (χ0n) is 17.0. The molecule has 8 heteroatoms. The molecule has 1 aliphatic rings. The van der Waals surface area contributed by atoms with Gasteiger partial charge in [0.05, 0.1) is 21.8 Å². The van der Waals surface area contributed by atoms with Crippen LogP contribution in [0.2, 0.25) is 10.0 Å². The Kier molecular flexibility index (Phi) is 6.41. The fourth-order valence-corrected chi connectivity index (χ4v) is 4.19. The number of benzene rings is 2. The minimum atomic E-state index is -0.537. The first-order valence-electron chi connectivity index (χ1n) is 10.0. The van der Waals surface area contributed by atoms with Crippen LogP contribution in [0.25, 0.3) is 10.9 Å². The van der Waals surface area contributed by atoms with Crippen molar-refractivity contribution < 1.29 is 14.3 Å². The minimum absolute atomic E-state index is 0.307. The van der Waals surface area contributed by atoms with Crippen LogP contribution >= 0.6 is 23.2 Å². The number of halogens is 2. The van der Waals surface area contributed by atoms with E-state index >= 15 is 0 Å². The molecule has 4 rings (SSSR count). The van der Waals surface area contributed by atoms with Crippen molar-refractivity contribution in [1.29, 1.82) is 0 Å². The number of carbonyl (C=O) groups excluding carboxylic acids is 2. The number of carbonyl (C=O) groups is 2. The van der Waals surface area contributed by atoms with E-state index in [1.165, 1.54) is 6.07 Å². The number of nitrogens with zero attached hydrogens (tertiary/aromatic N) is 2. The second-order valence-corrected chi connectivity index (χ2v) is 8.14. The third-order valence-electron chi connectivity index (χ3n) is 5.32. The van der Waals surface area contributed by atoms with Crippen LogP contribution in [0, 0.1) is 0 Å². The van der Waals surface area contributed by atoms with Crippen molar-refractivity contribution in [3.63, 3.8) is 0 Å². The van der Waals surface area contributed by atoms with E-state index in [0.717, 1.165) is 41.7 Å². The average Bonchev–Trinajstić information content (AvgIpc) is 2.77. The third kappa shape index (κ3) is 4.66. The predicted molar refractivity (Wildman–Crippen MR) is 122 cm³/mol. The smallest absolute Gasteiger partial charge is 0.339 e. The van der Waals surface area contributed by atoms with Crippen LogP contribution in [0.15, 0.2) is 42.5 Å². The van der Waals surface area contributed by atoms with Gasteiger partial charge in [-0.25, -0.2) is 4.79 Å². The number of rotatable bonds is 5. The molecule has 1 aromatic heterocycles. The zero-order valence-corrected chi connectivity index (χ0v) is 18.5. The van der Waals surface area contributed by atoms with Crippen molar-refractivity contribution in [1.82, 2.24) is 9.88 Å². The van der Waals surface area contributed by atoms with Gasteiger partial charge in [0.2, 0.25) is 0 Å². The predicted octanol–water partition coefficient (Wildman–Crippen LogP) is 4.72. The molecular weight excluding hydrogens is 437 g/mol.